The zero-order valence-electron chi connectivity index (χ0n) is 19.7. The normalized spacial score (nSPS) is 13.1. The van der Waals surface area contributed by atoms with E-state index in [4.69, 9.17) is 17.3 Å². The number of hydrogen-bond acceptors (Lipinski definition) is 5. The SMILES string of the molecule is CC(C)[C@H](c1nc(-c2cc(Cl)ccc2F)nn1Cc1ccccc1)N(CCC(N)CF)C(=O)CO. The fourth-order valence-electron chi connectivity index (χ4n) is 3.92. The predicted octanol–water partition coefficient (Wildman–Crippen LogP) is 3.99. The van der Waals surface area contributed by atoms with Gasteiger partial charge in [0, 0.05) is 17.6 Å². The molecule has 0 saturated carbocycles. The quantitative estimate of drug-likeness (QED) is 0.410. The standard InChI is InChI=1S/C25H30ClF2N5O2/c1-16(2)23(32(22(35)15-34)11-10-19(29)13-27)25-30-24(20-12-18(26)8-9-21(20)28)31-33(25)14-17-6-4-3-5-7-17/h3-9,12,16,19,23,34H,10-11,13-15,29H2,1-2H3/t19?,23-/m1/s1. The van der Waals surface area contributed by atoms with Gasteiger partial charge in [0.15, 0.2) is 11.6 Å². The lowest BCUT2D eigenvalue weighted by atomic mass is 10.00. The lowest BCUT2D eigenvalue weighted by Crippen LogP contribution is -2.43. The molecule has 2 aromatic carbocycles. The third-order valence-corrected chi connectivity index (χ3v) is 5.91. The van der Waals surface area contributed by atoms with Gasteiger partial charge in [-0.1, -0.05) is 55.8 Å². The number of amides is 1. The highest BCUT2D eigenvalue weighted by Gasteiger charge is 2.33. The molecule has 0 saturated heterocycles. The molecule has 0 spiro atoms. The first-order chi connectivity index (χ1) is 16.7. The van der Waals surface area contributed by atoms with Gasteiger partial charge >= 0.3 is 0 Å². The maximum absolute atomic E-state index is 14.7. The summed E-state index contributed by atoms with van der Waals surface area (Å²) in [5, 5.41) is 14.6. The van der Waals surface area contributed by atoms with Gasteiger partial charge in [0.2, 0.25) is 5.91 Å². The van der Waals surface area contributed by atoms with Gasteiger partial charge in [-0.05, 0) is 36.1 Å². The largest absolute Gasteiger partial charge is 0.387 e. The molecule has 3 rings (SSSR count). The second-order valence-electron chi connectivity index (χ2n) is 8.70. The second-order valence-corrected chi connectivity index (χ2v) is 9.13. The van der Waals surface area contributed by atoms with Crippen LogP contribution in [0.5, 0.6) is 0 Å². The summed E-state index contributed by atoms with van der Waals surface area (Å²) in [6, 6.07) is 12.3. The Balaban J connectivity index is 2.13. The maximum Gasteiger partial charge on any atom is 0.248 e. The van der Waals surface area contributed by atoms with Crippen molar-refractivity contribution in [2.24, 2.45) is 11.7 Å². The zero-order valence-corrected chi connectivity index (χ0v) is 20.5. The first-order valence-corrected chi connectivity index (χ1v) is 11.8. The van der Waals surface area contributed by atoms with Gasteiger partial charge in [-0.25, -0.2) is 18.4 Å². The summed E-state index contributed by atoms with van der Waals surface area (Å²) >= 11 is 6.10. The lowest BCUT2D eigenvalue weighted by molar-refractivity contribution is -0.138. The molecular weight excluding hydrogens is 476 g/mol. The third-order valence-electron chi connectivity index (χ3n) is 5.67. The number of nitrogens with zero attached hydrogens (tertiary/aromatic N) is 4. The van der Waals surface area contributed by atoms with Crippen LogP contribution >= 0.6 is 11.6 Å². The number of alkyl halides is 1. The lowest BCUT2D eigenvalue weighted by Gasteiger charge is -2.34. The molecule has 188 valence electrons. The van der Waals surface area contributed by atoms with Crippen LogP contribution in [0.25, 0.3) is 11.4 Å². The second kappa shape index (κ2) is 12.2. The molecule has 0 bridgehead atoms. The van der Waals surface area contributed by atoms with Gasteiger partial charge < -0.3 is 15.7 Å². The van der Waals surface area contributed by atoms with Crippen LogP contribution in [0.15, 0.2) is 48.5 Å². The van der Waals surface area contributed by atoms with Crippen LogP contribution in [0.2, 0.25) is 5.02 Å². The van der Waals surface area contributed by atoms with E-state index in [0.717, 1.165) is 5.56 Å². The monoisotopic (exact) mass is 505 g/mol. The number of benzene rings is 2. The molecule has 3 N–H and O–H groups in total. The Bertz CT molecular complexity index is 1130. The van der Waals surface area contributed by atoms with E-state index in [1.165, 1.54) is 23.1 Å². The molecule has 0 fully saturated rings. The highest BCUT2D eigenvalue weighted by Crippen LogP contribution is 2.32. The van der Waals surface area contributed by atoms with Crippen molar-refractivity contribution in [2.45, 2.75) is 38.9 Å². The predicted molar refractivity (Wildman–Crippen MR) is 131 cm³/mol. The molecule has 0 aliphatic rings. The fourth-order valence-corrected chi connectivity index (χ4v) is 4.09. The molecule has 1 aromatic heterocycles. The summed E-state index contributed by atoms with van der Waals surface area (Å²) in [5.41, 5.74) is 6.82. The Morgan fingerprint density at radius 2 is 1.94 bits per heavy atom. The van der Waals surface area contributed by atoms with Crippen molar-refractivity contribution in [3.8, 4) is 11.4 Å². The number of aliphatic hydroxyl groups is 1. The van der Waals surface area contributed by atoms with Gasteiger partial charge in [0.25, 0.3) is 0 Å². The van der Waals surface area contributed by atoms with Gasteiger partial charge in [0.05, 0.1) is 18.2 Å². The van der Waals surface area contributed by atoms with E-state index >= 15 is 0 Å². The maximum atomic E-state index is 14.7. The summed E-state index contributed by atoms with van der Waals surface area (Å²) in [4.78, 5) is 18.9. The fraction of sp³-hybridized carbons (Fsp3) is 0.400. The number of halogens is 3. The van der Waals surface area contributed by atoms with Crippen molar-refractivity contribution in [1.29, 1.82) is 0 Å². The number of aromatic nitrogens is 3. The van der Waals surface area contributed by atoms with Crippen LogP contribution in [0, 0.1) is 11.7 Å². The minimum absolute atomic E-state index is 0.117. The number of hydrogen-bond donors (Lipinski definition) is 2. The highest BCUT2D eigenvalue weighted by atomic mass is 35.5. The minimum Gasteiger partial charge on any atom is -0.387 e. The van der Waals surface area contributed by atoms with Crippen molar-refractivity contribution >= 4 is 17.5 Å². The van der Waals surface area contributed by atoms with E-state index in [0.29, 0.717) is 17.4 Å². The molecule has 3 aromatic rings. The van der Waals surface area contributed by atoms with E-state index < -0.39 is 37.1 Å². The number of aliphatic hydroxyl groups excluding tert-OH is 1. The van der Waals surface area contributed by atoms with Crippen LogP contribution in [0.4, 0.5) is 8.78 Å². The van der Waals surface area contributed by atoms with E-state index in [1.54, 1.807) is 4.68 Å². The molecular formula is C25H30ClF2N5O2. The Hall–Kier alpha value is -2.88. The first kappa shape index (κ1) is 26.7. The molecule has 0 radical (unpaired) electrons. The Morgan fingerprint density at radius 1 is 1.23 bits per heavy atom. The molecule has 0 aliphatic heterocycles. The molecule has 1 amide bonds. The summed E-state index contributed by atoms with van der Waals surface area (Å²) in [5.74, 6) is -0.703. The van der Waals surface area contributed by atoms with Gasteiger partial charge in [-0.15, -0.1) is 0 Å². The number of nitrogens with two attached hydrogens (primary N) is 1. The van der Waals surface area contributed by atoms with Crippen molar-refractivity contribution in [3.63, 3.8) is 0 Å². The van der Waals surface area contributed by atoms with Gasteiger partial charge in [0.1, 0.15) is 19.1 Å². The van der Waals surface area contributed by atoms with Crippen molar-refractivity contribution < 1.29 is 18.7 Å². The Labute approximate surface area is 208 Å². The average molecular weight is 506 g/mol. The Morgan fingerprint density at radius 3 is 2.57 bits per heavy atom. The topological polar surface area (TPSA) is 97.3 Å². The number of carbonyl (C=O) groups excluding carboxylic acids is 1. The Kier molecular flexibility index (Phi) is 9.31. The molecule has 35 heavy (non-hydrogen) atoms. The first-order valence-electron chi connectivity index (χ1n) is 11.4. The van der Waals surface area contributed by atoms with Crippen molar-refractivity contribution in [1.82, 2.24) is 19.7 Å². The van der Waals surface area contributed by atoms with Crippen LogP contribution in [0.1, 0.15) is 37.7 Å². The molecule has 1 unspecified atom stereocenters. The molecule has 1 heterocycles. The summed E-state index contributed by atoms with van der Waals surface area (Å²) in [6.45, 7) is 2.79. The van der Waals surface area contributed by atoms with Gasteiger partial charge in [-0.3, -0.25) is 4.79 Å². The van der Waals surface area contributed by atoms with Crippen LogP contribution in [-0.2, 0) is 11.3 Å². The van der Waals surface area contributed by atoms with Gasteiger partial charge in [-0.2, -0.15) is 5.10 Å². The van der Waals surface area contributed by atoms with E-state index in [1.807, 2.05) is 44.2 Å². The number of rotatable bonds is 11. The van der Waals surface area contributed by atoms with Crippen molar-refractivity contribution in [2.75, 3.05) is 19.8 Å². The molecule has 7 nitrogen and oxygen atoms in total. The van der Waals surface area contributed by atoms with E-state index in [2.05, 4.69) is 10.1 Å². The third kappa shape index (κ3) is 6.62. The van der Waals surface area contributed by atoms with Crippen molar-refractivity contribution in [3.05, 3.63) is 70.8 Å². The van der Waals surface area contributed by atoms with E-state index in [-0.39, 0.29) is 30.3 Å². The van der Waals surface area contributed by atoms with E-state index in [9.17, 15) is 18.7 Å². The molecule has 0 aliphatic carbocycles. The average Bonchev–Trinajstić information content (AvgIpc) is 3.25. The van der Waals surface area contributed by atoms with Crippen LogP contribution in [-0.4, -0.2) is 56.5 Å². The summed E-state index contributed by atoms with van der Waals surface area (Å²) in [7, 11) is 0. The number of carbonyl (C=O) groups is 1. The highest BCUT2D eigenvalue weighted by molar-refractivity contribution is 6.30. The van der Waals surface area contributed by atoms with Crippen LogP contribution < -0.4 is 5.73 Å². The van der Waals surface area contributed by atoms with Crippen LogP contribution in [0.3, 0.4) is 0 Å². The summed E-state index contributed by atoms with van der Waals surface area (Å²) < 4.78 is 29.3. The molecule has 10 heteroatoms. The molecule has 2 atom stereocenters. The minimum atomic E-state index is -0.741. The summed E-state index contributed by atoms with van der Waals surface area (Å²) in [6.07, 6.45) is 0.202. The zero-order chi connectivity index (χ0) is 25.5. The smallest absolute Gasteiger partial charge is 0.248 e.